The minimum atomic E-state index is 0.760. The maximum absolute atomic E-state index is 5.32. The molecule has 1 saturated heterocycles. The molecule has 1 aromatic carbocycles. The van der Waals surface area contributed by atoms with E-state index >= 15 is 0 Å². The number of aromatic nitrogens is 1. The minimum Gasteiger partial charge on any atom is -0.497 e. The molecule has 0 amide bonds. The first-order valence-electron chi connectivity index (χ1n) is 7.26. The van der Waals surface area contributed by atoms with Crippen molar-refractivity contribution in [1.29, 1.82) is 0 Å². The first-order chi connectivity index (χ1) is 9.35. The van der Waals surface area contributed by atoms with E-state index in [1.54, 1.807) is 7.11 Å². The fourth-order valence-electron chi connectivity index (χ4n) is 3.79. The Morgan fingerprint density at radius 3 is 3.16 bits per heavy atom. The Balaban J connectivity index is 1.79. The molecule has 0 radical (unpaired) electrons. The molecule has 1 aromatic heterocycles. The highest BCUT2D eigenvalue weighted by Crippen LogP contribution is 2.32. The maximum atomic E-state index is 5.32. The number of aromatic amines is 1. The largest absolute Gasteiger partial charge is 0.497 e. The standard InChI is InChI=1S/C16H20N2O/c1-19-12-4-5-13-14-6-8-18-7-2-3-11(18)9-15(14)17-16(13)10-12/h4-5,10-11,17H,2-3,6-9H2,1H3/t11-/m1/s1. The van der Waals surface area contributed by atoms with Crippen molar-refractivity contribution in [3.05, 3.63) is 29.5 Å². The average molecular weight is 256 g/mol. The van der Waals surface area contributed by atoms with E-state index in [-0.39, 0.29) is 0 Å². The zero-order valence-corrected chi connectivity index (χ0v) is 11.4. The minimum absolute atomic E-state index is 0.760. The molecular formula is C16H20N2O. The summed E-state index contributed by atoms with van der Waals surface area (Å²) in [6.07, 6.45) is 5.09. The Morgan fingerprint density at radius 1 is 1.32 bits per heavy atom. The molecule has 19 heavy (non-hydrogen) atoms. The van der Waals surface area contributed by atoms with Crippen LogP contribution >= 0.6 is 0 Å². The molecule has 1 fully saturated rings. The first kappa shape index (κ1) is 11.4. The van der Waals surface area contributed by atoms with Gasteiger partial charge in [-0.05, 0) is 43.5 Å². The summed E-state index contributed by atoms with van der Waals surface area (Å²) in [5, 5.41) is 1.39. The highest BCUT2D eigenvalue weighted by atomic mass is 16.5. The third-order valence-electron chi connectivity index (χ3n) is 4.79. The number of ether oxygens (including phenoxy) is 1. The van der Waals surface area contributed by atoms with Gasteiger partial charge in [0.15, 0.2) is 0 Å². The highest BCUT2D eigenvalue weighted by Gasteiger charge is 2.29. The summed E-state index contributed by atoms with van der Waals surface area (Å²) in [5.41, 5.74) is 4.22. The van der Waals surface area contributed by atoms with Gasteiger partial charge in [0.05, 0.1) is 7.11 Å². The fourth-order valence-corrected chi connectivity index (χ4v) is 3.79. The molecule has 0 aliphatic carbocycles. The van der Waals surface area contributed by atoms with E-state index in [1.165, 1.54) is 60.9 Å². The van der Waals surface area contributed by atoms with Gasteiger partial charge in [-0.25, -0.2) is 0 Å². The number of methoxy groups -OCH3 is 1. The van der Waals surface area contributed by atoms with E-state index in [9.17, 15) is 0 Å². The number of hydrogen-bond acceptors (Lipinski definition) is 2. The van der Waals surface area contributed by atoms with Crippen LogP contribution in [0.15, 0.2) is 18.2 Å². The predicted molar refractivity (Wildman–Crippen MR) is 76.9 cm³/mol. The second kappa shape index (κ2) is 4.27. The molecule has 3 nitrogen and oxygen atoms in total. The fraction of sp³-hybridized carbons (Fsp3) is 0.500. The maximum Gasteiger partial charge on any atom is 0.120 e. The van der Waals surface area contributed by atoms with E-state index in [4.69, 9.17) is 4.74 Å². The Morgan fingerprint density at radius 2 is 2.26 bits per heavy atom. The van der Waals surface area contributed by atoms with Crippen molar-refractivity contribution < 1.29 is 4.74 Å². The van der Waals surface area contributed by atoms with E-state index < -0.39 is 0 Å². The number of benzene rings is 1. The molecule has 3 heteroatoms. The van der Waals surface area contributed by atoms with Crippen molar-refractivity contribution in [3.63, 3.8) is 0 Å². The van der Waals surface area contributed by atoms with E-state index in [0.717, 1.165) is 11.8 Å². The molecule has 0 spiro atoms. The first-order valence-corrected chi connectivity index (χ1v) is 7.26. The summed E-state index contributed by atoms with van der Waals surface area (Å²) in [6, 6.07) is 7.16. The van der Waals surface area contributed by atoms with Crippen LogP contribution in [0, 0.1) is 0 Å². The third kappa shape index (κ3) is 1.76. The number of rotatable bonds is 1. The molecule has 0 saturated carbocycles. The summed E-state index contributed by atoms with van der Waals surface area (Å²) in [5.74, 6) is 0.936. The van der Waals surface area contributed by atoms with Crippen LogP contribution in [-0.4, -0.2) is 36.1 Å². The summed E-state index contributed by atoms with van der Waals surface area (Å²) in [6.45, 7) is 2.51. The van der Waals surface area contributed by atoms with Crippen molar-refractivity contribution in [2.75, 3.05) is 20.2 Å². The van der Waals surface area contributed by atoms with Crippen LogP contribution in [0.3, 0.4) is 0 Å². The number of nitrogens with one attached hydrogen (secondary N) is 1. The normalized spacial score (nSPS) is 23.1. The van der Waals surface area contributed by atoms with Crippen LogP contribution < -0.4 is 4.74 Å². The number of hydrogen-bond donors (Lipinski definition) is 1. The Hall–Kier alpha value is -1.48. The molecule has 0 unspecified atom stereocenters. The van der Waals surface area contributed by atoms with Crippen LogP contribution in [0.25, 0.3) is 10.9 Å². The zero-order valence-electron chi connectivity index (χ0n) is 11.4. The topological polar surface area (TPSA) is 28.3 Å². The highest BCUT2D eigenvalue weighted by molar-refractivity contribution is 5.86. The average Bonchev–Trinajstić information content (AvgIpc) is 2.97. The van der Waals surface area contributed by atoms with Gasteiger partial charge in [0.25, 0.3) is 0 Å². The lowest BCUT2D eigenvalue weighted by atomic mass is 10.0. The van der Waals surface area contributed by atoms with Gasteiger partial charge < -0.3 is 9.72 Å². The van der Waals surface area contributed by atoms with Crippen LogP contribution in [0.4, 0.5) is 0 Å². The van der Waals surface area contributed by atoms with Gasteiger partial charge in [-0.15, -0.1) is 0 Å². The molecule has 4 rings (SSSR count). The smallest absolute Gasteiger partial charge is 0.120 e. The van der Waals surface area contributed by atoms with Crippen LogP contribution in [-0.2, 0) is 12.8 Å². The predicted octanol–water partition coefficient (Wildman–Crippen LogP) is 2.74. The molecule has 1 atom stereocenters. The van der Waals surface area contributed by atoms with Crippen LogP contribution in [0.5, 0.6) is 5.75 Å². The van der Waals surface area contributed by atoms with Gasteiger partial charge in [0.2, 0.25) is 0 Å². The summed E-state index contributed by atoms with van der Waals surface area (Å²) in [4.78, 5) is 6.31. The zero-order chi connectivity index (χ0) is 12.8. The van der Waals surface area contributed by atoms with Crippen LogP contribution in [0.2, 0.25) is 0 Å². The van der Waals surface area contributed by atoms with Crippen molar-refractivity contribution in [3.8, 4) is 5.75 Å². The molecule has 3 heterocycles. The lowest BCUT2D eigenvalue weighted by molar-refractivity contribution is 0.263. The monoisotopic (exact) mass is 256 g/mol. The Bertz CT molecular complexity index is 616. The lowest BCUT2D eigenvalue weighted by Crippen LogP contribution is -2.30. The molecular weight excluding hydrogens is 236 g/mol. The molecule has 2 aliphatic heterocycles. The Labute approximate surface area is 113 Å². The summed E-state index contributed by atoms with van der Waals surface area (Å²) < 4.78 is 5.32. The molecule has 0 bridgehead atoms. The van der Waals surface area contributed by atoms with Gasteiger partial charge in [0.1, 0.15) is 5.75 Å². The van der Waals surface area contributed by atoms with E-state index in [0.29, 0.717) is 0 Å². The molecule has 2 aliphatic rings. The second-order valence-corrected chi connectivity index (χ2v) is 5.78. The van der Waals surface area contributed by atoms with Gasteiger partial charge in [-0.3, -0.25) is 4.90 Å². The van der Waals surface area contributed by atoms with Crippen LogP contribution in [0.1, 0.15) is 24.1 Å². The van der Waals surface area contributed by atoms with E-state index in [2.05, 4.69) is 28.1 Å². The van der Waals surface area contributed by atoms with Crippen molar-refractivity contribution in [1.82, 2.24) is 9.88 Å². The van der Waals surface area contributed by atoms with Crippen molar-refractivity contribution in [2.45, 2.75) is 31.7 Å². The summed E-state index contributed by atoms with van der Waals surface area (Å²) >= 11 is 0. The lowest BCUT2D eigenvalue weighted by Gasteiger charge is -2.20. The number of fused-ring (bicyclic) bond motifs is 4. The second-order valence-electron chi connectivity index (χ2n) is 5.78. The Kier molecular flexibility index (Phi) is 2.55. The van der Waals surface area contributed by atoms with Gasteiger partial charge in [-0.2, -0.15) is 0 Å². The number of nitrogens with zero attached hydrogens (tertiary/aromatic N) is 1. The molecule has 100 valence electrons. The van der Waals surface area contributed by atoms with Gasteiger partial charge in [-0.1, -0.05) is 0 Å². The molecule has 1 N–H and O–H groups in total. The molecule has 2 aromatic rings. The van der Waals surface area contributed by atoms with Crippen molar-refractivity contribution in [2.24, 2.45) is 0 Å². The van der Waals surface area contributed by atoms with E-state index in [1.807, 2.05) is 0 Å². The van der Waals surface area contributed by atoms with Crippen molar-refractivity contribution >= 4 is 10.9 Å². The third-order valence-corrected chi connectivity index (χ3v) is 4.79. The summed E-state index contributed by atoms with van der Waals surface area (Å²) in [7, 11) is 1.73. The number of H-pyrrole nitrogens is 1. The van der Waals surface area contributed by atoms with Gasteiger partial charge in [0, 0.05) is 41.7 Å². The quantitative estimate of drug-likeness (QED) is 0.849. The van der Waals surface area contributed by atoms with Gasteiger partial charge >= 0.3 is 0 Å². The SMILES string of the molecule is COc1ccc2c3c([nH]c2c1)C[C@H]1CCCN1CC3.